The van der Waals surface area contributed by atoms with E-state index in [-0.39, 0.29) is 0 Å². The molecule has 3 aromatic heterocycles. The topological polar surface area (TPSA) is 29.3 Å². The SMILES string of the molecule is CCN(Cc1csc(-c2ccco2)n1)Cc1cccs1. The Hall–Kier alpha value is -1.43. The lowest BCUT2D eigenvalue weighted by molar-refractivity contribution is 0.271. The van der Waals surface area contributed by atoms with E-state index in [1.807, 2.05) is 12.1 Å². The van der Waals surface area contributed by atoms with E-state index >= 15 is 0 Å². The molecule has 104 valence electrons. The molecule has 0 bridgehead atoms. The van der Waals surface area contributed by atoms with Crippen molar-refractivity contribution in [2.45, 2.75) is 20.0 Å². The molecule has 0 aliphatic heterocycles. The summed E-state index contributed by atoms with van der Waals surface area (Å²) in [4.78, 5) is 8.45. The Morgan fingerprint density at radius 3 is 2.85 bits per heavy atom. The molecule has 0 fully saturated rings. The van der Waals surface area contributed by atoms with Crippen LogP contribution in [-0.4, -0.2) is 16.4 Å². The molecule has 5 heteroatoms. The highest BCUT2D eigenvalue weighted by molar-refractivity contribution is 7.13. The van der Waals surface area contributed by atoms with Crippen molar-refractivity contribution in [1.82, 2.24) is 9.88 Å². The van der Waals surface area contributed by atoms with Crippen molar-refractivity contribution in [2.24, 2.45) is 0 Å². The Morgan fingerprint density at radius 2 is 2.15 bits per heavy atom. The zero-order chi connectivity index (χ0) is 13.8. The number of rotatable bonds is 6. The van der Waals surface area contributed by atoms with Gasteiger partial charge in [-0.05, 0) is 30.1 Å². The summed E-state index contributed by atoms with van der Waals surface area (Å²) in [6, 6.07) is 8.13. The van der Waals surface area contributed by atoms with Crippen molar-refractivity contribution >= 4 is 22.7 Å². The fourth-order valence-corrected chi connectivity index (χ4v) is 3.55. The van der Waals surface area contributed by atoms with Crippen molar-refractivity contribution in [2.75, 3.05) is 6.54 Å². The summed E-state index contributed by atoms with van der Waals surface area (Å²) in [6.07, 6.45) is 1.69. The molecule has 0 amide bonds. The number of nitrogens with zero attached hydrogens (tertiary/aromatic N) is 2. The molecule has 3 rings (SSSR count). The molecule has 0 saturated carbocycles. The fraction of sp³-hybridized carbons (Fsp3) is 0.267. The number of aromatic nitrogens is 1. The zero-order valence-electron chi connectivity index (χ0n) is 11.3. The van der Waals surface area contributed by atoms with Gasteiger partial charge in [-0.1, -0.05) is 13.0 Å². The minimum absolute atomic E-state index is 0.850. The van der Waals surface area contributed by atoms with Crippen molar-refractivity contribution in [1.29, 1.82) is 0 Å². The van der Waals surface area contributed by atoms with Crippen LogP contribution in [0.5, 0.6) is 0 Å². The molecule has 0 saturated heterocycles. The van der Waals surface area contributed by atoms with E-state index in [0.29, 0.717) is 0 Å². The summed E-state index contributed by atoms with van der Waals surface area (Å²) in [7, 11) is 0. The maximum Gasteiger partial charge on any atom is 0.162 e. The van der Waals surface area contributed by atoms with E-state index in [1.54, 1.807) is 28.9 Å². The molecule has 0 spiro atoms. The van der Waals surface area contributed by atoms with Crippen LogP contribution in [0.1, 0.15) is 17.5 Å². The van der Waals surface area contributed by atoms with E-state index in [1.165, 1.54) is 4.88 Å². The molecule has 0 aromatic carbocycles. The third-order valence-corrected chi connectivity index (χ3v) is 4.84. The van der Waals surface area contributed by atoms with Gasteiger partial charge in [0.25, 0.3) is 0 Å². The van der Waals surface area contributed by atoms with Crippen LogP contribution >= 0.6 is 22.7 Å². The van der Waals surface area contributed by atoms with Crippen LogP contribution in [0.3, 0.4) is 0 Å². The number of hydrogen-bond acceptors (Lipinski definition) is 5. The Labute approximate surface area is 126 Å². The number of thiophene rings is 1. The van der Waals surface area contributed by atoms with E-state index in [9.17, 15) is 0 Å². The first-order valence-corrected chi connectivity index (χ1v) is 8.34. The van der Waals surface area contributed by atoms with Crippen molar-refractivity contribution < 1.29 is 4.42 Å². The normalized spacial score (nSPS) is 11.3. The number of thiazole rings is 1. The van der Waals surface area contributed by atoms with Gasteiger partial charge < -0.3 is 4.42 Å². The molecular formula is C15H16N2OS2. The van der Waals surface area contributed by atoms with Crippen LogP contribution in [0.4, 0.5) is 0 Å². The summed E-state index contributed by atoms with van der Waals surface area (Å²) in [5.41, 5.74) is 1.11. The molecule has 3 nitrogen and oxygen atoms in total. The fourth-order valence-electron chi connectivity index (χ4n) is 2.02. The van der Waals surface area contributed by atoms with Gasteiger partial charge in [-0.2, -0.15) is 0 Å². The monoisotopic (exact) mass is 304 g/mol. The third kappa shape index (κ3) is 3.17. The Kier molecular flexibility index (Phi) is 4.30. The Bertz CT molecular complexity index is 629. The predicted octanol–water partition coefficient (Wildman–Crippen LogP) is 4.49. The first-order valence-electron chi connectivity index (χ1n) is 6.58. The van der Waals surface area contributed by atoms with E-state index in [2.05, 4.69) is 39.7 Å². The maximum absolute atomic E-state index is 5.39. The average molecular weight is 304 g/mol. The molecule has 0 unspecified atom stereocenters. The standard InChI is InChI=1S/C15H16N2OS2/c1-2-17(10-13-5-4-8-19-13)9-12-11-20-15(16-12)14-6-3-7-18-14/h3-8,11H,2,9-10H2,1H3. The van der Waals surface area contributed by atoms with Crippen LogP contribution in [-0.2, 0) is 13.1 Å². The van der Waals surface area contributed by atoms with Crippen LogP contribution in [0.15, 0.2) is 45.7 Å². The van der Waals surface area contributed by atoms with E-state index in [0.717, 1.165) is 36.1 Å². The van der Waals surface area contributed by atoms with E-state index in [4.69, 9.17) is 4.42 Å². The van der Waals surface area contributed by atoms with Gasteiger partial charge in [-0.15, -0.1) is 22.7 Å². The van der Waals surface area contributed by atoms with Gasteiger partial charge in [0.15, 0.2) is 10.8 Å². The third-order valence-electron chi connectivity index (χ3n) is 3.08. The van der Waals surface area contributed by atoms with Crippen LogP contribution in [0, 0.1) is 0 Å². The van der Waals surface area contributed by atoms with Gasteiger partial charge in [-0.3, -0.25) is 4.90 Å². The van der Waals surface area contributed by atoms with Crippen LogP contribution < -0.4 is 0 Å². The van der Waals surface area contributed by atoms with Gasteiger partial charge in [-0.25, -0.2) is 4.98 Å². The summed E-state index contributed by atoms with van der Waals surface area (Å²) < 4.78 is 5.39. The van der Waals surface area contributed by atoms with Crippen molar-refractivity contribution in [3.05, 3.63) is 51.9 Å². The highest BCUT2D eigenvalue weighted by atomic mass is 32.1. The summed E-state index contributed by atoms with van der Waals surface area (Å²) in [5.74, 6) is 0.850. The Balaban J connectivity index is 1.67. The highest BCUT2D eigenvalue weighted by Gasteiger charge is 2.11. The smallest absolute Gasteiger partial charge is 0.162 e. The minimum Gasteiger partial charge on any atom is -0.462 e. The highest BCUT2D eigenvalue weighted by Crippen LogP contribution is 2.24. The predicted molar refractivity (Wildman–Crippen MR) is 83.9 cm³/mol. The number of hydrogen-bond donors (Lipinski definition) is 0. The molecule has 20 heavy (non-hydrogen) atoms. The van der Waals surface area contributed by atoms with Gasteiger partial charge in [0, 0.05) is 23.3 Å². The van der Waals surface area contributed by atoms with Crippen molar-refractivity contribution in [3.8, 4) is 10.8 Å². The number of furan rings is 1. The van der Waals surface area contributed by atoms with Crippen LogP contribution in [0.25, 0.3) is 10.8 Å². The molecule has 0 aliphatic rings. The summed E-state index contributed by atoms with van der Waals surface area (Å²) in [5, 5.41) is 5.20. The molecule has 3 aromatic rings. The first kappa shape index (κ1) is 13.5. The second kappa shape index (κ2) is 6.35. The molecule has 0 N–H and O–H groups in total. The summed E-state index contributed by atoms with van der Waals surface area (Å²) in [6.45, 7) is 5.08. The zero-order valence-corrected chi connectivity index (χ0v) is 12.9. The second-order valence-corrected chi connectivity index (χ2v) is 6.39. The quantitative estimate of drug-likeness (QED) is 0.672. The molecule has 0 radical (unpaired) electrons. The summed E-state index contributed by atoms with van der Waals surface area (Å²) >= 11 is 3.44. The second-order valence-electron chi connectivity index (χ2n) is 4.50. The van der Waals surface area contributed by atoms with E-state index < -0.39 is 0 Å². The van der Waals surface area contributed by atoms with Crippen molar-refractivity contribution in [3.63, 3.8) is 0 Å². The Morgan fingerprint density at radius 1 is 1.20 bits per heavy atom. The first-order chi connectivity index (χ1) is 9.85. The minimum atomic E-state index is 0.850. The lowest BCUT2D eigenvalue weighted by Gasteiger charge is -2.18. The average Bonchev–Trinajstić information content (AvgIpc) is 3.20. The lowest BCUT2D eigenvalue weighted by Crippen LogP contribution is -2.21. The van der Waals surface area contributed by atoms with Gasteiger partial charge in [0.05, 0.1) is 12.0 Å². The molecule has 3 heterocycles. The lowest BCUT2D eigenvalue weighted by atomic mass is 10.3. The molecule has 0 atom stereocenters. The largest absolute Gasteiger partial charge is 0.462 e. The molecule has 0 aliphatic carbocycles. The van der Waals surface area contributed by atoms with Gasteiger partial charge in [0.2, 0.25) is 0 Å². The van der Waals surface area contributed by atoms with Crippen LogP contribution in [0.2, 0.25) is 0 Å². The maximum atomic E-state index is 5.39. The molecular weight excluding hydrogens is 288 g/mol. The van der Waals surface area contributed by atoms with Gasteiger partial charge >= 0.3 is 0 Å². The van der Waals surface area contributed by atoms with Gasteiger partial charge in [0.1, 0.15) is 0 Å².